The number of carbonyl (C=O) groups excluding carboxylic acids is 1. The van der Waals surface area contributed by atoms with Crippen molar-refractivity contribution in [2.45, 2.75) is 46.3 Å². The van der Waals surface area contributed by atoms with Crippen molar-refractivity contribution in [3.05, 3.63) is 59.9 Å². The number of hydrogen-bond acceptors (Lipinski definition) is 4. The van der Waals surface area contributed by atoms with Gasteiger partial charge in [-0.1, -0.05) is 24.3 Å². The molecule has 1 fully saturated rings. The molecule has 3 rings (SSSR count). The minimum atomic E-state index is -0.219. The predicted molar refractivity (Wildman–Crippen MR) is 123 cm³/mol. The molecule has 0 aromatic heterocycles. The monoisotopic (exact) mass is 427 g/mol. The van der Waals surface area contributed by atoms with Crippen LogP contribution in [0.5, 0.6) is 5.75 Å². The molecule has 2 unspecified atom stereocenters. The number of hydrogen-bond donors (Lipinski definition) is 0. The smallest absolute Gasteiger partial charge is 0.260 e. The van der Waals surface area contributed by atoms with Gasteiger partial charge in [0.05, 0.1) is 5.69 Å². The summed E-state index contributed by atoms with van der Waals surface area (Å²) in [5.41, 5.74) is 2.10. The second kappa shape index (κ2) is 10.6. The van der Waals surface area contributed by atoms with E-state index in [1.807, 2.05) is 41.3 Å². The summed E-state index contributed by atoms with van der Waals surface area (Å²) in [6.45, 7) is 12.4. The number of ether oxygens (including phenoxy) is 1. The van der Waals surface area contributed by atoms with Crippen LogP contribution in [0, 0.1) is 5.82 Å². The maximum absolute atomic E-state index is 13.2. The van der Waals surface area contributed by atoms with E-state index in [0.717, 1.165) is 43.2 Å². The number of rotatable bonds is 8. The van der Waals surface area contributed by atoms with Gasteiger partial charge in [0.1, 0.15) is 11.6 Å². The lowest BCUT2D eigenvalue weighted by Crippen LogP contribution is -2.58. The van der Waals surface area contributed by atoms with Gasteiger partial charge in [-0.05, 0) is 57.5 Å². The highest BCUT2D eigenvalue weighted by Crippen LogP contribution is 2.28. The van der Waals surface area contributed by atoms with Crippen molar-refractivity contribution in [1.82, 2.24) is 9.80 Å². The van der Waals surface area contributed by atoms with Gasteiger partial charge in [0.2, 0.25) is 0 Å². The molecule has 0 saturated carbocycles. The molecule has 6 heteroatoms. The Morgan fingerprint density at radius 1 is 1.03 bits per heavy atom. The molecule has 168 valence electrons. The third-order valence-corrected chi connectivity index (χ3v) is 6.05. The Hall–Kier alpha value is -2.60. The van der Waals surface area contributed by atoms with E-state index >= 15 is 0 Å². The number of carbonyl (C=O) groups is 1. The van der Waals surface area contributed by atoms with Crippen molar-refractivity contribution in [3.8, 4) is 5.75 Å². The summed E-state index contributed by atoms with van der Waals surface area (Å²) >= 11 is 0. The van der Waals surface area contributed by atoms with Crippen LogP contribution in [0.2, 0.25) is 0 Å². The zero-order valence-electron chi connectivity index (χ0n) is 19.1. The normalized spacial score (nSPS) is 19.3. The predicted octanol–water partition coefficient (Wildman–Crippen LogP) is 4.17. The molecule has 0 N–H and O–H groups in total. The molecule has 2 aromatic carbocycles. The van der Waals surface area contributed by atoms with Gasteiger partial charge >= 0.3 is 0 Å². The standard InChI is InChI=1S/C25H34FN3O2/c1-5-27(6-2)23-9-7-8-10-24(23)31-18-25(30)29-16-19(3)28(15-20(29)4)17-21-11-13-22(26)14-12-21/h7-14,19-20H,5-6,15-18H2,1-4H3. The first-order valence-corrected chi connectivity index (χ1v) is 11.2. The lowest BCUT2D eigenvalue weighted by molar-refractivity contribution is -0.139. The van der Waals surface area contributed by atoms with E-state index in [0.29, 0.717) is 6.54 Å². The molecular weight excluding hydrogens is 393 g/mol. The van der Waals surface area contributed by atoms with Crippen molar-refractivity contribution in [3.63, 3.8) is 0 Å². The van der Waals surface area contributed by atoms with Gasteiger partial charge in [-0.15, -0.1) is 0 Å². The zero-order valence-corrected chi connectivity index (χ0v) is 19.1. The molecule has 0 radical (unpaired) electrons. The van der Waals surface area contributed by atoms with Crippen LogP contribution in [0.15, 0.2) is 48.5 Å². The Morgan fingerprint density at radius 3 is 2.39 bits per heavy atom. The highest BCUT2D eigenvalue weighted by molar-refractivity contribution is 5.78. The molecule has 5 nitrogen and oxygen atoms in total. The molecule has 1 saturated heterocycles. The van der Waals surface area contributed by atoms with E-state index < -0.39 is 0 Å². The first-order valence-electron chi connectivity index (χ1n) is 11.2. The number of anilines is 1. The quantitative estimate of drug-likeness (QED) is 0.634. The lowest BCUT2D eigenvalue weighted by atomic mass is 10.1. The molecule has 1 heterocycles. The Morgan fingerprint density at radius 2 is 1.71 bits per heavy atom. The third kappa shape index (κ3) is 5.76. The van der Waals surface area contributed by atoms with Crippen molar-refractivity contribution >= 4 is 11.6 Å². The number of piperazine rings is 1. The van der Waals surface area contributed by atoms with E-state index in [2.05, 4.69) is 37.5 Å². The zero-order chi connectivity index (χ0) is 22.4. The van der Waals surface area contributed by atoms with Gasteiger partial charge < -0.3 is 14.5 Å². The van der Waals surface area contributed by atoms with Gasteiger partial charge in [-0.25, -0.2) is 4.39 Å². The third-order valence-electron chi connectivity index (χ3n) is 6.05. The highest BCUT2D eigenvalue weighted by Gasteiger charge is 2.32. The Balaban J connectivity index is 1.59. The van der Waals surface area contributed by atoms with Gasteiger partial charge in [-0.2, -0.15) is 0 Å². The summed E-state index contributed by atoms with van der Waals surface area (Å²) < 4.78 is 19.1. The lowest BCUT2D eigenvalue weighted by Gasteiger charge is -2.44. The first-order chi connectivity index (χ1) is 14.9. The SMILES string of the molecule is CCN(CC)c1ccccc1OCC(=O)N1CC(C)N(Cc2ccc(F)cc2)CC1C. The van der Waals surface area contributed by atoms with Crippen molar-refractivity contribution in [2.75, 3.05) is 37.7 Å². The maximum Gasteiger partial charge on any atom is 0.260 e. The van der Waals surface area contributed by atoms with Gasteiger partial charge in [-0.3, -0.25) is 9.69 Å². The molecule has 31 heavy (non-hydrogen) atoms. The van der Waals surface area contributed by atoms with Crippen LogP contribution in [0.25, 0.3) is 0 Å². The molecular formula is C25H34FN3O2. The number of benzene rings is 2. The van der Waals surface area contributed by atoms with Crippen LogP contribution in [-0.4, -0.2) is 60.6 Å². The number of amides is 1. The van der Waals surface area contributed by atoms with Crippen molar-refractivity contribution in [2.24, 2.45) is 0 Å². The summed E-state index contributed by atoms with van der Waals surface area (Å²) in [7, 11) is 0. The van der Waals surface area contributed by atoms with Crippen molar-refractivity contribution < 1.29 is 13.9 Å². The highest BCUT2D eigenvalue weighted by atomic mass is 19.1. The van der Waals surface area contributed by atoms with Gasteiger partial charge in [0.25, 0.3) is 5.91 Å². The minimum Gasteiger partial charge on any atom is -0.482 e. The molecule has 0 aliphatic carbocycles. The Labute approximate surface area is 185 Å². The molecule has 0 bridgehead atoms. The summed E-state index contributed by atoms with van der Waals surface area (Å²) in [6.07, 6.45) is 0. The summed E-state index contributed by atoms with van der Waals surface area (Å²) in [6, 6.07) is 14.8. The number of para-hydroxylation sites is 2. The maximum atomic E-state index is 13.2. The van der Waals surface area contributed by atoms with E-state index in [-0.39, 0.29) is 30.4 Å². The fourth-order valence-corrected chi connectivity index (χ4v) is 4.22. The van der Waals surface area contributed by atoms with Crippen LogP contribution in [0.3, 0.4) is 0 Å². The topological polar surface area (TPSA) is 36.0 Å². The largest absolute Gasteiger partial charge is 0.482 e. The minimum absolute atomic E-state index is 0.00938. The molecule has 2 aromatic rings. The summed E-state index contributed by atoms with van der Waals surface area (Å²) in [4.78, 5) is 19.5. The summed E-state index contributed by atoms with van der Waals surface area (Å²) in [5.74, 6) is 0.536. The van der Waals surface area contributed by atoms with Crippen LogP contribution in [-0.2, 0) is 11.3 Å². The number of halogens is 1. The van der Waals surface area contributed by atoms with E-state index in [4.69, 9.17) is 4.74 Å². The molecule has 1 amide bonds. The molecule has 1 aliphatic heterocycles. The average molecular weight is 428 g/mol. The van der Waals surface area contributed by atoms with Crippen LogP contribution in [0.4, 0.5) is 10.1 Å². The average Bonchev–Trinajstić information content (AvgIpc) is 2.77. The van der Waals surface area contributed by atoms with E-state index in [1.165, 1.54) is 12.1 Å². The fourth-order valence-electron chi connectivity index (χ4n) is 4.22. The Kier molecular flexibility index (Phi) is 7.91. The van der Waals surface area contributed by atoms with Gasteiger partial charge in [0.15, 0.2) is 6.61 Å². The summed E-state index contributed by atoms with van der Waals surface area (Å²) in [5, 5.41) is 0. The second-order valence-electron chi connectivity index (χ2n) is 8.23. The number of nitrogens with zero attached hydrogens (tertiary/aromatic N) is 3. The first kappa shape index (κ1) is 23.1. The van der Waals surface area contributed by atoms with E-state index in [1.54, 1.807) is 0 Å². The van der Waals surface area contributed by atoms with E-state index in [9.17, 15) is 9.18 Å². The molecule has 0 spiro atoms. The second-order valence-corrected chi connectivity index (χ2v) is 8.23. The van der Waals surface area contributed by atoms with Crippen LogP contribution < -0.4 is 9.64 Å². The molecule has 2 atom stereocenters. The van der Waals surface area contributed by atoms with Crippen molar-refractivity contribution in [1.29, 1.82) is 0 Å². The van der Waals surface area contributed by atoms with Crippen LogP contribution >= 0.6 is 0 Å². The van der Waals surface area contributed by atoms with Crippen LogP contribution in [0.1, 0.15) is 33.3 Å². The molecule has 1 aliphatic rings. The fraction of sp³-hybridized carbons (Fsp3) is 0.480. The Bertz CT molecular complexity index is 854. The van der Waals surface area contributed by atoms with Gasteiger partial charge in [0, 0.05) is 44.8 Å².